The Morgan fingerprint density at radius 2 is 1.59 bits per heavy atom. The summed E-state index contributed by atoms with van der Waals surface area (Å²) in [5.74, 6) is 0.292. The Morgan fingerprint density at radius 3 is 2.33 bits per heavy atom. The molecule has 0 amide bonds. The van der Waals surface area contributed by atoms with Crippen LogP contribution in [0.25, 0.3) is 10.1 Å². The molecular formula is C23H26N2OS. The number of fused-ring (bicyclic) bond motifs is 1. The third-order valence-electron chi connectivity index (χ3n) is 5.47. The van der Waals surface area contributed by atoms with Gasteiger partial charge in [0.2, 0.25) is 0 Å². The minimum Gasteiger partial charge on any atom is -0.300 e. The summed E-state index contributed by atoms with van der Waals surface area (Å²) in [5, 5.41) is 1.22. The van der Waals surface area contributed by atoms with Gasteiger partial charge in [-0.1, -0.05) is 48.5 Å². The molecule has 4 rings (SSSR count). The van der Waals surface area contributed by atoms with E-state index in [1.54, 1.807) is 11.3 Å². The van der Waals surface area contributed by atoms with Crippen molar-refractivity contribution in [1.82, 2.24) is 9.80 Å². The fraction of sp³-hybridized carbons (Fsp3) is 0.348. The molecule has 0 unspecified atom stereocenters. The van der Waals surface area contributed by atoms with Crippen molar-refractivity contribution in [2.24, 2.45) is 0 Å². The second-order valence-corrected chi connectivity index (χ2v) is 8.38. The van der Waals surface area contributed by atoms with Gasteiger partial charge in [0.05, 0.1) is 4.88 Å². The molecule has 0 saturated carbocycles. The quantitative estimate of drug-likeness (QED) is 0.586. The summed E-state index contributed by atoms with van der Waals surface area (Å²) in [6.45, 7) is 8.21. The predicted molar refractivity (Wildman–Crippen MR) is 114 cm³/mol. The van der Waals surface area contributed by atoms with E-state index in [9.17, 15) is 4.79 Å². The third kappa shape index (κ3) is 4.29. The SMILES string of the molecule is Cc1c(C(=O)CCN2CCN(Cc3ccccc3)CC2)sc2ccccc12. The zero-order chi connectivity index (χ0) is 18.6. The van der Waals surface area contributed by atoms with Crippen molar-refractivity contribution in [3.63, 3.8) is 0 Å². The third-order valence-corrected chi connectivity index (χ3v) is 6.78. The first-order valence-corrected chi connectivity index (χ1v) is 10.5. The van der Waals surface area contributed by atoms with Crippen LogP contribution in [0.5, 0.6) is 0 Å². The summed E-state index contributed by atoms with van der Waals surface area (Å²) in [6, 6.07) is 19.0. The molecule has 140 valence electrons. The van der Waals surface area contributed by atoms with E-state index in [0.29, 0.717) is 12.2 Å². The number of thiophene rings is 1. The van der Waals surface area contributed by atoms with E-state index in [2.05, 4.69) is 59.2 Å². The van der Waals surface area contributed by atoms with Gasteiger partial charge < -0.3 is 4.90 Å². The summed E-state index contributed by atoms with van der Waals surface area (Å²) in [5.41, 5.74) is 2.52. The number of hydrogen-bond donors (Lipinski definition) is 0. The maximum Gasteiger partial charge on any atom is 0.174 e. The summed E-state index contributed by atoms with van der Waals surface area (Å²) in [6.07, 6.45) is 0.617. The van der Waals surface area contributed by atoms with Gasteiger partial charge in [0, 0.05) is 50.4 Å². The van der Waals surface area contributed by atoms with Gasteiger partial charge in [-0.05, 0) is 29.5 Å². The van der Waals surface area contributed by atoms with E-state index < -0.39 is 0 Å². The number of ketones is 1. The van der Waals surface area contributed by atoms with Crippen molar-refractivity contribution in [1.29, 1.82) is 0 Å². The smallest absolute Gasteiger partial charge is 0.174 e. The van der Waals surface area contributed by atoms with Crippen LogP contribution in [-0.4, -0.2) is 48.3 Å². The summed E-state index contributed by atoms with van der Waals surface area (Å²) < 4.78 is 1.22. The minimum absolute atomic E-state index is 0.292. The summed E-state index contributed by atoms with van der Waals surface area (Å²) >= 11 is 1.64. The Balaban J connectivity index is 1.28. The lowest BCUT2D eigenvalue weighted by molar-refractivity contribution is 0.0926. The molecule has 1 fully saturated rings. The second kappa shape index (κ2) is 8.34. The van der Waals surface area contributed by atoms with Crippen LogP contribution >= 0.6 is 11.3 Å². The van der Waals surface area contributed by atoms with Crippen molar-refractivity contribution >= 4 is 27.2 Å². The number of rotatable bonds is 6. The molecule has 2 heterocycles. The number of carbonyl (C=O) groups excluding carboxylic acids is 1. The van der Waals surface area contributed by atoms with Crippen LogP contribution < -0.4 is 0 Å². The lowest BCUT2D eigenvalue weighted by atomic mass is 10.1. The maximum atomic E-state index is 12.8. The Bertz CT molecular complexity index is 911. The molecule has 0 atom stereocenters. The van der Waals surface area contributed by atoms with Gasteiger partial charge in [0.15, 0.2) is 5.78 Å². The maximum absolute atomic E-state index is 12.8. The van der Waals surface area contributed by atoms with Gasteiger partial charge in [-0.15, -0.1) is 11.3 Å². The summed E-state index contributed by atoms with van der Waals surface area (Å²) in [7, 11) is 0. The fourth-order valence-electron chi connectivity index (χ4n) is 3.83. The van der Waals surface area contributed by atoms with E-state index in [-0.39, 0.29) is 0 Å². The average Bonchev–Trinajstić information content (AvgIpc) is 3.05. The van der Waals surface area contributed by atoms with Crippen molar-refractivity contribution in [3.05, 3.63) is 70.6 Å². The highest BCUT2D eigenvalue weighted by Gasteiger charge is 2.20. The van der Waals surface area contributed by atoms with Crippen molar-refractivity contribution in [2.75, 3.05) is 32.7 Å². The van der Waals surface area contributed by atoms with Crippen LogP contribution in [0.1, 0.15) is 27.2 Å². The molecule has 0 radical (unpaired) electrons. The van der Waals surface area contributed by atoms with Crippen molar-refractivity contribution in [2.45, 2.75) is 19.9 Å². The number of benzene rings is 2. The first-order chi connectivity index (χ1) is 13.2. The molecule has 0 bridgehead atoms. The molecule has 0 aliphatic carbocycles. The molecule has 1 aliphatic rings. The molecule has 4 heteroatoms. The van der Waals surface area contributed by atoms with E-state index in [1.165, 1.54) is 15.6 Å². The molecule has 27 heavy (non-hydrogen) atoms. The van der Waals surface area contributed by atoms with Gasteiger partial charge in [-0.25, -0.2) is 0 Å². The van der Waals surface area contributed by atoms with Gasteiger partial charge in [0.1, 0.15) is 0 Å². The normalized spacial score (nSPS) is 16.0. The number of Topliss-reactive ketones (excluding diaryl/α,β-unsaturated/α-hetero) is 1. The van der Waals surface area contributed by atoms with E-state index in [0.717, 1.165) is 49.7 Å². The van der Waals surface area contributed by atoms with Crippen LogP contribution in [0, 0.1) is 6.92 Å². The molecule has 3 aromatic rings. The van der Waals surface area contributed by atoms with E-state index in [4.69, 9.17) is 0 Å². The van der Waals surface area contributed by atoms with Crippen LogP contribution in [0.15, 0.2) is 54.6 Å². The molecule has 3 nitrogen and oxygen atoms in total. The minimum atomic E-state index is 0.292. The first-order valence-electron chi connectivity index (χ1n) is 9.70. The Kier molecular flexibility index (Phi) is 5.67. The standard InChI is InChI=1S/C23H26N2OS/c1-18-20-9-5-6-10-22(20)27-23(18)21(26)11-12-24-13-15-25(16-14-24)17-19-7-3-2-4-8-19/h2-10H,11-17H2,1H3. The summed E-state index contributed by atoms with van der Waals surface area (Å²) in [4.78, 5) is 18.6. The number of aryl methyl sites for hydroxylation is 1. The molecule has 0 spiro atoms. The largest absolute Gasteiger partial charge is 0.300 e. The highest BCUT2D eigenvalue weighted by Crippen LogP contribution is 2.31. The second-order valence-electron chi connectivity index (χ2n) is 7.33. The Morgan fingerprint density at radius 1 is 0.926 bits per heavy atom. The highest BCUT2D eigenvalue weighted by molar-refractivity contribution is 7.21. The number of piperazine rings is 1. The highest BCUT2D eigenvalue weighted by atomic mass is 32.1. The first kappa shape index (κ1) is 18.4. The monoisotopic (exact) mass is 378 g/mol. The van der Waals surface area contributed by atoms with Crippen LogP contribution in [-0.2, 0) is 6.54 Å². The molecule has 1 aliphatic heterocycles. The molecule has 1 saturated heterocycles. The van der Waals surface area contributed by atoms with E-state index >= 15 is 0 Å². The van der Waals surface area contributed by atoms with Crippen LogP contribution in [0.2, 0.25) is 0 Å². The van der Waals surface area contributed by atoms with Gasteiger partial charge in [0.25, 0.3) is 0 Å². The van der Waals surface area contributed by atoms with E-state index in [1.807, 2.05) is 12.1 Å². The average molecular weight is 379 g/mol. The van der Waals surface area contributed by atoms with Crippen molar-refractivity contribution in [3.8, 4) is 0 Å². The Labute approximate surface area is 165 Å². The predicted octanol–water partition coefficient (Wildman–Crippen LogP) is 4.60. The van der Waals surface area contributed by atoms with Crippen LogP contribution in [0.4, 0.5) is 0 Å². The molecule has 1 aromatic heterocycles. The topological polar surface area (TPSA) is 23.6 Å². The number of nitrogens with zero attached hydrogens (tertiary/aromatic N) is 2. The lowest BCUT2D eigenvalue weighted by Crippen LogP contribution is -2.46. The van der Waals surface area contributed by atoms with Crippen molar-refractivity contribution < 1.29 is 4.79 Å². The number of carbonyl (C=O) groups is 1. The van der Waals surface area contributed by atoms with Gasteiger partial charge in [-0.3, -0.25) is 9.69 Å². The number of hydrogen-bond acceptors (Lipinski definition) is 4. The zero-order valence-electron chi connectivity index (χ0n) is 15.9. The fourth-order valence-corrected chi connectivity index (χ4v) is 5.00. The van der Waals surface area contributed by atoms with Crippen LogP contribution in [0.3, 0.4) is 0 Å². The van der Waals surface area contributed by atoms with Gasteiger partial charge in [-0.2, -0.15) is 0 Å². The Hall–Kier alpha value is -2.01. The molecule has 2 aromatic carbocycles. The lowest BCUT2D eigenvalue weighted by Gasteiger charge is -2.34. The van der Waals surface area contributed by atoms with Gasteiger partial charge >= 0.3 is 0 Å². The molecular weight excluding hydrogens is 352 g/mol. The molecule has 0 N–H and O–H groups in total. The zero-order valence-corrected chi connectivity index (χ0v) is 16.7.